The third-order valence-corrected chi connectivity index (χ3v) is 6.03. The van der Waals surface area contributed by atoms with Crippen LogP contribution in [0.5, 0.6) is 0 Å². The summed E-state index contributed by atoms with van der Waals surface area (Å²) in [6.45, 7) is 2.10. The summed E-state index contributed by atoms with van der Waals surface area (Å²) in [6.07, 6.45) is 6.90. The lowest BCUT2D eigenvalue weighted by Gasteiger charge is -2.29. The van der Waals surface area contributed by atoms with E-state index in [9.17, 15) is 0 Å². The molecule has 0 aromatic carbocycles. The molecule has 0 N–H and O–H groups in total. The van der Waals surface area contributed by atoms with Crippen molar-refractivity contribution >= 4 is 8.80 Å². The van der Waals surface area contributed by atoms with Crippen LogP contribution in [0.1, 0.15) is 19.0 Å². The molecule has 0 radical (unpaired) electrons. The van der Waals surface area contributed by atoms with E-state index >= 15 is 0 Å². The van der Waals surface area contributed by atoms with E-state index in [1.54, 1.807) is 21.3 Å². The predicted molar refractivity (Wildman–Crippen MR) is 61.7 cm³/mol. The standard InChI is InChI=1S/C10H21N2O3Si.BrH/c1-6-10(12-8-7-11(2)9-12)16(13-3,14-4)15-5;/h7-10H,6H2,1-5H3;1H/q+1;/p-1. The fourth-order valence-electron chi connectivity index (χ4n) is 1.96. The van der Waals surface area contributed by atoms with E-state index in [1.165, 1.54) is 0 Å². The molecule has 100 valence electrons. The smallest absolute Gasteiger partial charge is 0.547 e. The zero-order valence-electron chi connectivity index (χ0n) is 11.0. The summed E-state index contributed by atoms with van der Waals surface area (Å²) in [5.74, 6) is 0. The SMILES string of the molecule is CCC([n+]1ccn(C)c1)[Si](OC)(OC)OC.[Br-]. The normalized spacial score (nSPS) is 13.2. The van der Waals surface area contributed by atoms with Gasteiger partial charge in [-0.05, 0) is 6.42 Å². The quantitative estimate of drug-likeness (QED) is 0.435. The molecule has 0 amide bonds. The van der Waals surface area contributed by atoms with Gasteiger partial charge in [0.05, 0.1) is 7.05 Å². The molecule has 1 rings (SSSR count). The van der Waals surface area contributed by atoms with Crippen molar-refractivity contribution in [3.8, 4) is 0 Å². The fourth-order valence-corrected chi connectivity index (χ4v) is 4.29. The van der Waals surface area contributed by atoms with Crippen molar-refractivity contribution in [1.82, 2.24) is 4.57 Å². The van der Waals surface area contributed by atoms with Crippen LogP contribution in [0.25, 0.3) is 0 Å². The first-order valence-electron chi connectivity index (χ1n) is 5.31. The van der Waals surface area contributed by atoms with Crippen molar-refractivity contribution in [2.45, 2.75) is 19.0 Å². The average Bonchev–Trinajstić information content (AvgIpc) is 2.72. The van der Waals surface area contributed by atoms with Gasteiger partial charge >= 0.3 is 8.80 Å². The second-order valence-corrected chi connectivity index (χ2v) is 6.76. The van der Waals surface area contributed by atoms with Crippen molar-refractivity contribution in [2.24, 2.45) is 7.05 Å². The Kier molecular flexibility index (Phi) is 7.18. The highest BCUT2D eigenvalue weighted by atomic mass is 79.9. The van der Waals surface area contributed by atoms with Gasteiger partial charge in [-0.25, -0.2) is 9.13 Å². The van der Waals surface area contributed by atoms with Gasteiger partial charge in [0, 0.05) is 21.3 Å². The molecule has 7 heteroatoms. The summed E-state index contributed by atoms with van der Waals surface area (Å²) >= 11 is 0. The molecule has 0 aliphatic carbocycles. The summed E-state index contributed by atoms with van der Waals surface area (Å²) < 4.78 is 20.6. The van der Waals surface area contributed by atoms with E-state index < -0.39 is 8.80 Å². The maximum absolute atomic E-state index is 5.52. The first-order chi connectivity index (χ1) is 7.63. The van der Waals surface area contributed by atoms with Gasteiger partial charge in [0.1, 0.15) is 12.4 Å². The highest BCUT2D eigenvalue weighted by Gasteiger charge is 2.50. The zero-order valence-corrected chi connectivity index (χ0v) is 13.6. The topological polar surface area (TPSA) is 36.5 Å². The van der Waals surface area contributed by atoms with E-state index in [4.69, 9.17) is 13.3 Å². The van der Waals surface area contributed by atoms with E-state index in [-0.39, 0.29) is 22.6 Å². The van der Waals surface area contributed by atoms with Crippen LogP contribution in [0.2, 0.25) is 0 Å². The monoisotopic (exact) mass is 324 g/mol. The summed E-state index contributed by atoms with van der Waals surface area (Å²) in [5.41, 5.74) is 0.105. The first-order valence-corrected chi connectivity index (χ1v) is 7.11. The second-order valence-electron chi connectivity index (χ2n) is 3.67. The lowest BCUT2D eigenvalue weighted by molar-refractivity contribution is -0.709. The molecule has 1 aromatic rings. The average molecular weight is 325 g/mol. The molecule has 0 saturated heterocycles. The van der Waals surface area contributed by atoms with Crippen LogP contribution >= 0.6 is 0 Å². The van der Waals surface area contributed by atoms with Gasteiger partial charge in [-0.1, -0.05) is 6.92 Å². The number of imidazole rings is 1. The third-order valence-electron chi connectivity index (χ3n) is 2.80. The summed E-state index contributed by atoms with van der Waals surface area (Å²) in [7, 11) is 4.29. The number of halogens is 1. The van der Waals surface area contributed by atoms with Crippen molar-refractivity contribution in [3.05, 3.63) is 18.7 Å². The van der Waals surface area contributed by atoms with E-state index in [2.05, 4.69) is 11.5 Å². The van der Waals surface area contributed by atoms with Gasteiger partial charge in [-0.3, -0.25) is 0 Å². The van der Waals surface area contributed by atoms with Gasteiger partial charge in [-0.2, -0.15) is 0 Å². The van der Waals surface area contributed by atoms with Crippen molar-refractivity contribution < 1.29 is 34.8 Å². The van der Waals surface area contributed by atoms with Crippen LogP contribution < -0.4 is 21.5 Å². The van der Waals surface area contributed by atoms with Crippen LogP contribution in [0.4, 0.5) is 0 Å². The number of hydrogen-bond donors (Lipinski definition) is 0. The van der Waals surface area contributed by atoms with Crippen LogP contribution in [-0.2, 0) is 20.3 Å². The van der Waals surface area contributed by atoms with Gasteiger partial charge in [0.15, 0.2) is 5.67 Å². The number of nitrogens with zero attached hydrogens (tertiary/aromatic N) is 2. The Bertz CT molecular complexity index is 323. The van der Waals surface area contributed by atoms with Crippen LogP contribution in [0.15, 0.2) is 18.7 Å². The van der Waals surface area contributed by atoms with E-state index in [0.717, 1.165) is 6.42 Å². The molecule has 0 aliphatic heterocycles. The van der Waals surface area contributed by atoms with Gasteiger partial charge < -0.3 is 30.3 Å². The number of aromatic nitrogens is 2. The molecule has 0 bridgehead atoms. The van der Waals surface area contributed by atoms with E-state index in [1.807, 2.05) is 30.3 Å². The lowest BCUT2D eigenvalue weighted by Crippen LogP contribution is -3.00. The Morgan fingerprint density at radius 1 is 1.24 bits per heavy atom. The molecule has 17 heavy (non-hydrogen) atoms. The molecule has 0 aliphatic rings. The maximum Gasteiger partial charge on any atom is 0.547 e. The minimum absolute atomic E-state index is 0. The van der Waals surface area contributed by atoms with Gasteiger partial charge in [0.25, 0.3) is 0 Å². The molecule has 5 nitrogen and oxygen atoms in total. The zero-order chi connectivity index (χ0) is 12.2. The Morgan fingerprint density at radius 2 is 1.76 bits per heavy atom. The Hall–Kier alpha value is -0.213. The number of hydrogen-bond acceptors (Lipinski definition) is 3. The third kappa shape index (κ3) is 3.38. The highest BCUT2D eigenvalue weighted by Crippen LogP contribution is 2.21. The minimum Gasteiger partial charge on any atom is -1.00 e. The van der Waals surface area contributed by atoms with Crippen molar-refractivity contribution in [1.29, 1.82) is 0 Å². The Morgan fingerprint density at radius 3 is 2.06 bits per heavy atom. The molecule has 1 aromatic heterocycles. The van der Waals surface area contributed by atoms with Crippen molar-refractivity contribution in [2.75, 3.05) is 21.3 Å². The Labute approximate surface area is 114 Å². The molecular formula is C10H21BrN2O3Si. The van der Waals surface area contributed by atoms with Gasteiger partial charge in [0.2, 0.25) is 6.33 Å². The second kappa shape index (κ2) is 7.27. The number of aryl methyl sites for hydroxylation is 1. The molecule has 0 spiro atoms. The van der Waals surface area contributed by atoms with Crippen molar-refractivity contribution in [3.63, 3.8) is 0 Å². The van der Waals surface area contributed by atoms with Gasteiger partial charge in [-0.15, -0.1) is 0 Å². The molecule has 1 heterocycles. The van der Waals surface area contributed by atoms with Crippen LogP contribution in [0.3, 0.4) is 0 Å². The molecule has 1 unspecified atom stereocenters. The molecule has 0 fully saturated rings. The Balaban J connectivity index is 0.00000256. The summed E-state index contributed by atoms with van der Waals surface area (Å²) in [6, 6.07) is 0. The summed E-state index contributed by atoms with van der Waals surface area (Å²) in [4.78, 5) is 0. The lowest BCUT2D eigenvalue weighted by atomic mass is 10.5. The van der Waals surface area contributed by atoms with Crippen LogP contribution in [-0.4, -0.2) is 34.7 Å². The largest absolute Gasteiger partial charge is 1.00 e. The van der Waals surface area contributed by atoms with E-state index in [0.29, 0.717) is 0 Å². The number of rotatable bonds is 6. The highest BCUT2D eigenvalue weighted by molar-refractivity contribution is 6.60. The predicted octanol–water partition coefficient (Wildman–Crippen LogP) is -2.31. The molecule has 1 atom stereocenters. The minimum atomic E-state index is -2.62. The fraction of sp³-hybridized carbons (Fsp3) is 0.700. The molecule has 0 saturated carbocycles. The first kappa shape index (κ1) is 16.8. The van der Waals surface area contributed by atoms with Crippen LogP contribution in [0, 0.1) is 0 Å². The maximum atomic E-state index is 5.52. The summed E-state index contributed by atoms with van der Waals surface area (Å²) in [5, 5.41) is 0. The molecular weight excluding hydrogens is 304 g/mol.